The monoisotopic (exact) mass is 212 g/mol. The van der Waals surface area contributed by atoms with E-state index >= 15 is 0 Å². The Morgan fingerprint density at radius 1 is 1.00 bits per heavy atom. The van der Waals surface area contributed by atoms with Crippen LogP contribution in [0.4, 0.5) is 0 Å². The third kappa shape index (κ3) is 7.63. The van der Waals surface area contributed by atoms with Gasteiger partial charge in [-0.3, -0.25) is 0 Å². The average Bonchev–Trinajstić information content (AvgIpc) is 2.28. The topological polar surface area (TPSA) is 18.5 Å². The Hall–Kier alpha value is -0.275. The molecule has 0 saturated heterocycles. The van der Waals surface area contributed by atoms with Gasteiger partial charge >= 0.3 is 7.12 Å². The molecule has 0 aromatic carbocycles. The summed E-state index contributed by atoms with van der Waals surface area (Å²) in [5.74, 6) is 2.13. The smallest absolute Gasteiger partial charge is 0.410 e. The predicted molar refractivity (Wildman–Crippen MR) is 66.9 cm³/mol. The fraction of sp³-hybridized carbons (Fsp3) is 0.833. The van der Waals surface area contributed by atoms with Crippen molar-refractivity contribution in [3.63, 3.8) is 0 Å². The van der Waals surface area contributed by atoms with Gasteiger partial charge in [0.05, 0.1) is 0 Å². The summed E-state index contributed by atoms with van der Waals surface area (Å²) in [6.45, 7) is 4.45. The third-order valence-corrected chi connectivity index (χ3v) is 2.54. The van der Waals surface area contributed by atoms with Crippen LogP contribution in [0, 0.1) is 0 Å². The summed E-state index contributed by atoms with van der Waals surface area (Å²) in [7, 11) is 3.19. The van der Waals surface area contributed by atoms with Crippen molar-refractivity contribution in [1.82, 2.24) is 0 Å². The van der Waals surface area contributed by atoms with E-state index in [9.17, 15) is 0 Å². The molecule has 0 heterocycles. The number of hydrogen-bond donors (Lipinski definition) is 0. The van der Waals surface area contributed by atoms with Crippen molar-refractivity contribution in [3.05, 3.63) is 11.5 Å². The van der Waals surface area contributed by atoms with Crippen LogP contribution in [-0.2, 0) is 9.31 Å². The highest BCUT2D eigenvalue weighted by atomic mass is 16.6. The van der Waals surface area contributed by atoms with Gasteiger partial charge in [0.2, 0.25) is 0 Å². The van der Waals surface area contributed by atoms with Crippen LogP contribution in [-0.4, -0.2) is 21.3 Å². The summed E-state index contributed by atoms with van der Waals surface area (Å²) in [6, 6.07) is 0. The van der Waals surface area contributed by atoms with Crippen LogP contribution in [0.25, 0.3) is 0 Å². The van der Waals surface area contributed by atoms with Crippen LogP contribution in [0.2, 0.25) is 0 Å². The first-order valence-corrected chi connectivity index (χ1v) is 6.03. The highest BCUT2D eigenvalue weighted by molar-refractivity contribution is 6.50. The molecule has 15 heavy (non-hydrogen) atoms. The highest BCUT2D eigenvalue weighted by Crippen LogP contribution is 2.15. The summed E-state index contributed by atoms with van der Waals surface area (Å²) < 4.78 is 10.4. The second-order valence-electron chi connectivity index (χ2n) is 3.87. The van der Waals surface area contributed by atoms with Crippen molar-refractivity contribution in [2.24, 2.45) is 0 Å². The summed E-state index contributed by atoms with van der Waals surface area (Å²) in [5.41, 5.74) is 1.48. The molecule has 0 unspecified atom stereocenters. The first-order valence-electron chi connectivity index (χ1n) is 6.03. The van der Waals surface area contributed by atoms with Crippen LogP contribution < -0.4 is 0 Å². The minimum atomic E-state index is -0.172. The number of rotatable bonds is 9. The zero-order valence-corrected chi connectivity index (χ0v) is 10.7. The van der Waals surface area contributed by atoms with Gasteiger partial charge in [-0.15, -0.1) is 0 Å². The maximum Gasteiger partial charge on any atom is 0.485 e. The number of unbranched alkanes of at least 4 members (excludes halogenated alkanes) is 2. The summed E-state index contributed by atoms with van der Waals surface area (Å²) >= 11 is 0. The Balaban J connectivity index is 4.16. The van der Waals surface area contributed by atoms with Gasteiger partial charge in [-0.25, -0.2) is 0 Å². The van der Waals surface area contributed by atoms with E-state index in [0.717, 1.165) is 0 Å². The molecular weight excluding hydrogens is 187 g/mol. The second-order valence-corrected chi connectivity index (χ2v) is 3.87. The lowest BCUT2D eigenvalue weighted by Crippen LogP contribution is -2.17. The molecule has 0 fully saturated rings. The molecule has 0 atom stereocenters. The maximum atomic E-state index is 5.19. The van der Waals surface area contributed by atoms with Crippen molar-refractivity contribution < 1.29 is 9.31 Å². The van der Waals surface area contributed by atoms with Gasteiger partial charge in [0.25, 0.3) is 0 Å². The first-order chi connectivity index (χ1) is 7.28. The van der Waals surface area contributed by atoms with Gasteiger partial charge in [-0.2, -0.15) is 0 Å². The van der Waals surface area contributed by atoms with E-state index in [1.54, 1.807) is 14.2 Å². The lowest BCUT2D eigenvalue weighted by atomic mass is 9.84. The molecular formula is C12H25BO2. The first kappa shape index (κ1) is 14.7. The van der Waals surface area contributed by atoms with Gasteiger partial charge in [-0.05, 0) is 25.7 Å². The summed E-state index contributed by atoms with van der Waals surface area (Å²) in [5, 5.41) is 0. The molecule has 0 bridgehead atoms. The van der Waals surface area contributed by atoms with Gasteiger partial charge in [0.15, 0.2) is 0 Å². The van der Waals surface area contributed by atoms with Crippen LogP contribution in [0.15, 0.2) is 11.5 Å². The van der Waals surface area contributed by atoms with Gasteiger partial charge in [0, 0.05) is 14.2 Å². The van der Waals surface area contributed by atoms with Crippen molar-refractivity contribution in [1.29, 1.82) is 0 Å². The molecule has 88 valence electrons. The third-order valence-electron chi connectivity index (χ3n) is 2.54. The molecule has 0 aromatic rings. The zero-order valence-electron chi connectivity index (χ0n) is 10.7. The van der Waals surface area contributed by atoms with Gasteiger partial charge in [0.1, 0.15) is 0 Å². The molecule has 0 spiro atoms. The Labute approximate surface area is 95.2 Å². The molecule has 0 aromatic heterocycles. The van der Waals surface area contributed by atoms with Crippen molar-refractivity contribution >= 4 is 7.12 Å². The Kier molecular flexibility index (Phi) is 10.1. The van der Waals surface area contributed by atoms with E-state index in [1.807, 2.05) is 0 Å². The molecule has 3 heteroatoms. The fourth-order valence-electron chi connectivity index (χ4n) is 1.52. The average molecular weight is 212 g/mol. The molecule has 2 nitrogen and oxygen atoms in total. The van der Waals surface area contributed by atoms with E-state index < -0.39 is 0 Å². The van der Waals surface area contributed by atoms with E-state index in [-0.39, 0.29) is 7.12 Å². The summed E-state index contributed by atoms with van der Waals surface area (Å²) in [4.78, 5) is 0. The highest BCUT2D eigenvalue weighted by Gasteiger charge is 2.11. The largest absolute Gasteiger partial charge is 0.485 e. The van der Waals surface area contributed by atoms with Crippen LogP contribution in [0.3, 0.4) is 0 Å². The molecule has 0 aliphatic carbocycles. The number of allylic oxidation sites excluding steroid dienone is 1. The molecule has 0 aliphatic rings. The molecule has 0 aliphatic heterocycles. The van der Waals surface area contributed by atoms with E-state index in [4.69, 9.17) is 9.31 Å². The standard InChI is InChI=1S/C12H25BO2/c1-5-7-9-12(10-8-6-2)11-13(14-3)15-4/h11H,5-10H2,1-4H3. The second kappa shape index (κ2) is 10.2. The van der Waals surface area contributed by atoms with E-state index in [0.29, 0.717) is 0 Å². The lowest BCUT2D eigenvalue weighted by Gasteiger charge is -2.09. The maximum absolute atomic E-state index is 5.19. The van der Waals surface area contributed by atoms with Crippen molar-refractivity contribution in [2.75, 3.05) is 14.2 Å². The minimum Gasteiger partial charge on any atom is -0.410 e. The molecule has 0 rings (SSSR count). The summed E-state index contributed by atoms with van der Waals surface area (Å²) in [6.07, 6.45) is 7.37. The predicted octanol–water partition coefficient (Wildman–Crippen LogP) is 3.61. The normalized spacial score (nSPS) is 10.1. The SMILES string of the molecule is CCCCC(=CB(OC)OC)CCCC. The van der Waals surface area contributed by atoms with Crippen LogP contribution in [0.5, 0.6) is 0 Å². The van der Waals surface area contributed by atoms with E-state index in [2.05, 4.69) is 19.8 Å². The lowest BCUT2D eigenvalue weighted by molar-refractivity contribution is 0.290. The number of hydrogen-bond acceptors (Lipinski definition) is 2. The minimum absolute atomic E-state index is 0.172. The Bertz CT molecular complexity index is 155. The molecule has 0 saturated carbocycles. The van der Waals surface area contributed by atoms with Crippen molar-refractivity contribution in [2.45, 2.75) is 52.4 Å². The van der Waals surface area contributed by atoms with E-state index in [1.165, 1.54) is 44.1 Å². The van der Waals surface area contributed by atoms with Gasteiger partial charge in [-0.1, -0.05) is 38.2 Å². The molecule has 0 amide bonds. The molecule has 0 radical (unpaired) electrons. The van der Waals surface area contributed by atoms with Crippen LogP contribution >= 0.6 is 0 Å². The van der Waals surface area contributed by atoms with Crippen molar-refractivity contribution in [3.8, 4) is 0 Å². The quantitative estimate of drug-likeness (QED) is 0.543. The van der Waals surface area contributed by atoms with Gasteiger partial charge < -0.3 is 9.31 Å². The fourth-order valence-corrected chi connectivity index (χ4v) is 1.52. The zero-order chi connectivity index (χ0) is 11.5. The van der Waals surface area contributed by atoms with Crippen LogP contribution in [0.1, 0.15) is 52.4 Å². The Morgan fingerprint density at radius 2 is 1.47 bits per heavy atom. The Morgan fingerprint density at radius 3 is 1.80 bits per heavy atom. The molecule has 0 N–H and O–H groups in total.